The number of hydrogen-bond acceptors (Lipinski definition) is 0. The molecule has 0 amide bonds. The van der Waals surface area contributed by atoms with Gasteiger partial charge >= 0.3 is 84.7 Å². The second kappa shape index (κ2) is 5.35. The van der Waals surface area contributed by atoms with Gasteiger partial charge in [-0.15, -0.1) is 0 Å². The van der Waals surface area contributed by atoms with Crippen molar-refractivity contribution in [2.45, 2.75) is 36.6 Å². The fourth-order valence-corrected chi connectivity index (χ4v) is 7.19. The molecule has 1 aliphatic rings. The molecule has 1 saturated heterocycles. The molecule has 0 saturated carbocycles. The summed E-state index contributed by atoms with van der Waals surface area (Å²) >= 11 is 0.00877. The predicted octanol–water partition coefficient (Wildman–Crippen LogP) is 1.91. The Balaban J connectivity index is 2.44. The van der Waals surface area contributed by atoms with Crippen LogP contribution in [0.1, 0.15) is 26.7 Å². The van der Waals surface area contributed by atoms with Crippen molar-refractivity contribution in [3.63, 3.8) is 0 Å². The summed E-state index contributed by atoms with van der Waals surface area (Å²) in [5.41, 5.74) is 0. The van der Waals surface area contributed by atoms with E-state index >= 15 is 0 Å². The maximum absolute atomic E-state index is 2.34. The van der Waals surface area contributed by atoms with Crippen LogP contribution in [-0.2, 0) is 0 Å². The topological polar surface area (TPSA) is 0 Å². The molecular weight excluding hydrogens is 204 g/mol. The first-order chi connectivity index (χ1) is 5.83. The Labute approximate surface area is 84.9 Å². The van der Waals surface area contributed by atoms with Gasteiger partial charge in [-0.3, -0.25) is 0 Å². The van der Waals surface area contributed by atoms with Gasteiger partial charge in [0.15, 0.2) is 0 Å². The Morgan fingerprint density at radius 1 is 1.00 bits per heavy atom. The fourth-order valence-electron chi connectivity index (χ4n) is 2.69. The van der Waals surface area contributed by atoms with Crippen LogP contribution in [0, 0.1) is 0 Å². The van der Waals surface area contributed by atoms with Crippen molar-refractivity contribution in [1.29, 1.82) is 0 Å². The first-order valence-electron chi connectivity index (χ1n) is 5.68. The van der Waals surface area contributed by atoms with Gasteiger partial charge in [0.05, 0.1) is 0 Å². The van der Waals surface area contributed by atoms with Crippen molar-refractivity contribution in [2.24, 2.45) is 0 Å². The molecular formula is C10H23GaN+. The maximum atomic E-state index is 2.34. The second-order valence-electron chi connectivity index (χ2n) is 4.30. The SMILES string of the molecule is CCC[N+]1(CCC)C[CH2][GaH][CH2]C1. The van der Waals surface area contributed by atoms with E-state index in [9.17, 15) is 0 Å². The van der Waals surface area contributed by atoms with Crippen LogP contribution in [0.5, 0.6) is 0 Å². The summed E-state index contributed by atoms with van der Waals surface area (Å²) in [4.78, 5) is 3.32. The third-order valence-corrected chi connectivity index (χ3v) is 6.59. The van der Waals surface area contributed by atoms with E-state index in [-0.39, 0.29) is 17.4 Å². The quantitative estimate of drug-likeness (QED) is 0.508. The summed E-state index contributed by atoms with van der Waals surface area (Å²) in [5.74, 6) is 0. The molecule has 70 valence electrons. The first kappa shape index (κ1) is 10.7. The normalized spacial score (nSPS) is 21.8. The molecule has 1 rings (SSSR count). The van der Waals surface area contributed by atoms with Crippen molar-refractivity contribution in [3.05, 3.63) is 0 Å². The average molecular weight is 227 g/mol. The number of nitrogens with zero attached hydrogens (tertiary/aromatic N) is 1. The van der Waals surface area contributed by atoms with Crippen molar-refractivity contribution < 1.29 is 4.48 Å². The molecule has 0 radical (unpaired) electrons. The standard InChI is InChI=1S/C10H22N.Ga.H/c1-5-9-11(7-3,8-4)10-6-2;;/h3-10H2,1-2H3;;/q+1;;. The van der Waals surface area contributed by atoms with Gasteiger partial charge in [-0.05, 0) is 0 Å². The zero-order chi connectivity index (χ0) is 8.86. The van der Waals surface area contributed by atoms with Crippen molar-refractivity contribution >= 4 is 17.4 Å². The van der Waals surface area contributed by atoms with E-state index in [4.69, 9.17) is 0 Å². The van der Waals surface area contributed by atoms with Crippen LogP contribution in [-0.4, -0.2) is 48.1 Å². The van der Waals surface area contributed by atoms with Crippen molar-refractivity contribution in [3.8, 4) is 0 Å². The van der Waals surface area contributed by atoms with Gasteiger partial charge < -0.3 is 0 Å². The van der Waals surface area contributed by atoms with E-state index in [0.29, 0.717) is 0 Å². The van der Waals surface area contributed by atoms with Crippen LogP contribution in [0.3, 0.4) is 0 Å². The molecule has 1 nitrogen and oxygen atoms in total. The summed E-state index contributed by atoms with van der Waals surface area (Å²) in [6.07, 6.45) is 2.76. The molecule has 0 aromatic heterocycles. The molecule has 0 bridgehead atoms. The zero-order valence-electron chi connectivity index (χ0n) is 8.81. The van der Waals surface area contributed by atoms with Gasteiger partial charge in [-0.1, -0.05) is 0 Å². The van der Waals surface area contributed by atoms with Crippen LogP contribution in [0.15, 0.2) is 0 Å². The van der Waals surface area contributed by atoms with E-state index < -0.39 is 0 Å². The monoisotopic (exact) mass is 226 g/mol. The van der Waals surface area contributed by atoms with Crippen LogP contribution < -0.4 is 0 Å². The summed E-state index contributed by atoms with van der Waals surface area (Å²) in [6.45, 7) is 10.7. The predicted molar refractivity (Wildman–Crippen MR) is 57.1 cm³/mol. The van der Waals surface area contributed by atoms with Crippen molar-refractivity contribution in [1.82, 2.24) is 0 Å². The Morgan fingerprint density at radius 2 is 1.50 bits per heavy atom. The van der Waals surface area contributed by atoms with E-state index in [1.807, 2.05) is 0 Å². The minimum atomic E-state index is 0.00877. The fraction of sp³-hybridized carbons (Fsp3) is 1.00. The molecule has 0 atom stereocenters. The molecule has 0 aliphatic carbocycles. The van der Waals surface area contributed by atoms with E-state index in [1.165, 1.54) is 30.4 Å². The third kappa shape index (κ3) is 2.82. The van der Waals surface area contributed by atoms with Gasteiger partial charge in [0, 0.05) is 0 Å². The molecule has 0 aromatic carbocycles. The van der Waals surface area contributed by atoms with E-state index in [2.05, 4.69) is 13.8 Å². The Bertz CT molecular complexity index is 103. The minimum absolute atomic E-state index is 0.00877. The molecule has 1 heterocycles. The molecule has 0 aromatic rings. The average Bonchev–Trinajstić information content (AvgIpc) is 2.07. The molecule has 2 heteroatoms. The molecule has 0 unspecified atom stereocenters. The third-order valence-electron chi connectivity index (χ3n) is 3.16. The Kier molecular flexibility index (Phi) is 4.76. The molecule has 12 heavy (non-hydrogen) atoms. The molecule has 0 N–H and O–H groups in total. The first-order valence-corrected chi connectivity index (χ1v) is 9.88. The second-order valence-corrected chi connectivity index (χ2v) is 8.75. The van der Waals surface area contributed by atoms with Crippen LogP contribution >= 0.6 is 0 Å². The zero-order valence-corrected chi connectivity index (χ0v) is 11.8. The molecule has 0 spiro atoms. The summed E-state index contributed by atoms with van der Waals surface area (Å²) in [7, 11) is 0. The Morgan fingerprint density at radius 3 is 1.92 bits per heavy atom. The van der Waals surface area contributed by atoms with Gasteiger partial charge in [0.2, 0.25) is 0 Å². The van der Waals surface area contributed by atoms with Gasteiger partial charge in [-0.25, -0.2) is 0 Å². The summed E-state index contributed by atoms with van der Waals surface area (Å²) < 4.78 is 1.48. The van der Waals surface area contributed by atoms with E-state index in [1.54, 1.807) is 23.0 Å². The number of quaternary nitrogens is 1. The van der Waals surface area contributed by atoms with E-state index in [0.717, 1.165) is 0 Å². The van der Waals surface area contributed by atoms with Crippen LogP contribution in [0.2, 0.25) is 9.95 Å². The van der Waals surface area contributed by atoms with Crippen LogP contribution in [0.25, 0.3) is 0 Å². The number of rotatable bonds is 4. The van der Waals surface area contributed by atoms with Gasteiger partial charge in [0.25, 0.3) is 0 Å². The Hall–Kier alpha value is 0.596. The van der Waals surface area contributed by atoms with Crippen molar-refractivity contribution in [2.75, 3.05) is 26.2 Å². The van der Waals surface area contributed by atoms with Gasteiger partial charge in [0.1, 0.15) is 0 Å². The number of hydrogen-bond donors (Lipinski definition) is 0. The summed E-state index contributed by atoms with van der Waals surface area (Å²) in [6, 6.07) is 0. The molecule has 1 aliphatic heterocycles. The summed E-state index contributed by atoms with van der Waals surface area (Å²) in [5, 5.41) is 0. The van der Waals surface area contributed by atoms with Crippen LogP contribution in [0.4, 0.5) is 0 Å². The van der Waals surface area contributed by atoms with Gasteiger partial charge in [-0.2, -0.15) is 0 Å². The molecule has 1 fully saturated rings.